The minimum absolute atomic E-state index is 0.0967. The Labute approximate surface area is 97.4 Å². The van der Waals surface area contributed by atoms with Gasteiger partial charge < -0.3 is 9.15 Å². The highest BCUT2D eigenvalue weighted by atomic mass is 16.5. The van der Waals surface area contributed by atoms with E-state index in [0.29, 0.717) is 30.6 Å². The fourth-order valence-corrected chi connectivity index (χ4v) is 1.82. The lowest BCUT2D eigenvalue weighted by Gasteiger charge is -2.12. The largest absolute Gasteiger partial charge is 0.462 e. The third-order valence-corrected chi connectivity index (χ3v) is 2.63. The lowest BCUT2D eigenvalue weighted by Crippen LogP contribution is -2.21. The van der Waals surface area contributed by atoms with Gasteiger partial charge in [-0.15, -0.1) is 0 Å². The second-order valence-electron chi connectivity index (χ2n) is 3.78. The fraction of sp³-hybridized carbons (Fsp3) is 0.417. The molecule has 0 unspecified atom stereocenters. The van der Waals surface area contributed by atoms with Crippen LogP contribution in [0.15, 0.2) is 15.3 Å². The summed E-state index contributed by atoms with van der Waals surface area (Å²) in [5.41, 5.74) is -0.614. The number of fused-ring (bicyclic) bond motifs is 1. The Hall–Kier alpha value is -1.91. The van der Waals surface area contributed by atoms with E-state index in [4.69, 9.17) is 9.15 Å². The van der Waals surface area contributed by atoms with Crippen molar-refractivity contribution in [2.45, 2.75) is 26.2 Å². The summed E-state index contributed by atoms with van der Waals surface area (Å²) in [5.74, 6) is -0.470. The van der Waals surface area contributed by atoms with Crippen LogP contribution < -0.4 is 5.63 Å². The summed E-state index contributed by atoms with van der Waals surface area (Å²) >= 11 is 0. The van der Waals surface area contributed by atoms with E-state index in [9.17, 15) is 14.4 Å². The molecule has 0 spiro atoms. The Balaban J connectivity index is 2.49. The van der Waals surface area contributed by atoms with Crippen molar-refractivity contribution in [2.75, 3.05) is 6.61 Å². The summed E-state index contributed by atoms with van der Waals surface area (Å²) in [6.45, 7) is 1.81. The zero-order chi connectivity index (χ0) is 12.4. The van der Waals surface area contributed by atoms with E-state index in [1.54, 1.807) is 6.92 Å². The number of Topliss-reactive ketones (excluding diaryl/α,β-unsaturated/α-hetero) is 1. The molecular formula is C12H12O5. The number of aryl methyl sites for hydroxylation is 1. The van der Waals surface area contributed by atoms with Crippen LogP contribution in [-0.4, -0.2) is 18.4 Å². The second-order valence-corrected chi connectivity index (χ2v) is 3.78. The van der Waals surface area contributed by atoms with Crippen LogP contribution in [0.25, 0.3) is 0 Å². The molecule has 17 heavy (non-hydrogen) atoms. The van der Waals surface area contributed by atoms with E-state index in [1.165, 1.54) is 6.07 Å². The third-order valence-electron chi connectivity index (χ3n) is 2.63. The van der Waals surface area contributed by atoms with Gasteiger partial charge in [-0.05, 0) is 19.4 Å². The monoisotopic (exact) mass is 236 g/mol. The van der Waals surface area contributed by atoms with Crippen LogP contribution in [0.4, 0.5) is 0 Å². The van der Waals surface area contributed by atoms with E-state index in [2.05, 4.69) is 0 Å². The molecule has 5 heteroatoms. The predicted molar refractivity (Wildman–Crippen MR) is 58.2 cm³/mol. The summed E-state index contributed by atoms with van der Waals surface area (Å²) in [6, 6.07) is 1.29. The van der Waals surface area contributed by atoms with Gasteiger partial charge in [-0.25, -0.2) is 9.59 Å². The van der Waals surface area contributed by atoms with Crippen molar-refractivity contribution in [3.8, 4) is 0 Å². The Morgan fingerprint density at radius 1 is 1.41 bits per heavy atom. The van der Waals surface area contributed by atoms with Gasteiger partial charge in [0.1, 0.15) is 11.3 Å². The number of hydrogen-bond acceptors (Lipinski definition) is 5. The van der Waals surface area contributed by atoms with Gasteiger partial charge in [0.05, 0.1) is 12.2 Å². The fourth-order valence-electron chi connectivity index (χ4n) is 1.82. The maximum Gasteiger partial charge on any atom is 0.350 e. The van der Waals surface area contributed by atoms with Crippen molar-refractivity contribution >= 4 is 11.8 Å². The number of rotatable bonds is 2. The zero-order valence-corrected chi connectivity index (χ0v) is 9.45. The molecule has 0 aliphatic heterocycles. The summed E-state index contributed by atoms with van der Waals surface area (Å²) in [4.78, 5) is 34.6. The molecule has 1 aromatic rings. The van der Waals surface area contributed by atoms with E-state index in [0.717, 1.165) is 0 Å². The van der Waals surface area contributed by atoms with Gasteiger partial charge in [0.15, 0.2) is 5.78 Å². The van der Waals surface area contributed by atoms with Gasteiger partial charge in [-0.1, -0.05) is 0 Å². The minimum Gasteiger partial charge on any atom is -0.462 e. The van der Waals surface area contributed by atoms with Gasteiger partial charge >= 0.3 is 11.6 Å². The molecule has 5 nitrogen and oxygen atoms in total. The number of esters is 1. The number of ketones is 1. The number of carbonyl (C=O) groups excluding carboxylic acids is 2. The Morgan fingerprint density at radius 3 is 2.88 bits per heavy atom. The molecule has 1 aromatic heterocycles. The van der Waals surface area contributed by atoms with E-state index < -0.39 is 11.6 Å². The zero-order valence-electron chi connectivity index (χ0n) is 9.45. The first-order valence-corrected chi connectivity index (χ1v) is 5.50. The first kappa shape index (κ1) is 11.6. The van der Waals surface area contributed by atoms with Crippen molar-refractivity contribution in [3.05, 3.63) is 33.4 Å². The molecule has 0 atom stereocenters. The van der Waals surface area contributed by atoms with Crippen LogP contribution in [0.1, 0.15) is 46.2 Å². The molecule has 2 rings (SSSR count). The highest BCUT2D eigenvalue weighted by Gasteiger charge is 2.24. The molecule has 1 aliphatic rings. The van der Waals surface area contributed by atoms with Gasteiger partial charge in [0.25, 0.3) is 0 Å². The normalized spacial score (nSPS) is 14.3. The average molecular weight is 236 g/mol. The third kappa shape index (κ3) is 2.13. The first-order valence-electron chi connectivity index (χ1n) is 5.50. The molecule has 0 saturated heterocycles. The molecule has 0 N–H and O–H groups in total. The van der Waals surface area contributed by atoms with E-state index in [1.807, 2.05) is 0 Å². The smallest absolute Gasteiger partial charge is 0.350 e. The molecule has 90 valence electrons. The van der Waals surface area contributed by atoms with Crippen LogP contribution in [0.3, 0.4) is 0 Å². The Bertz CT molecular complexity index is 526. The second kappa shape index (κ2) is 4.53. The van der Waals surface area contributed by atoms with Crippen molar-refractivity contribution in [3.63, 3.8) is 0 Å². The Morgan fingerprint density at radius 2 is 2.18 bits per heavy atom. The summed E-state index contributed by atoms with van der Waals surface area (Å²) < 4.78 is 9.72. The molecular weight excluding hydrogens is 224 g/mol. The number of hydrogen-bond donors (Lipinski definition) is 0. The summed E-state index contributed by atoms with van der Waals surface area (Å²) in [6.07, 6.45) is 1.65. The predicted octanol–water partition coefficient (Wildman–Crippen LogP) is 1.34. The maximum absolute atomic E-state index is 11.6. The standard InChI is InChI=1S/C12H12O5/c1-2-16-11(14)8-6-7-9(13)4-3-5-10(7)17-12(8)15/h6H,2-5H2,1H3. The topological polar surface area (TPSA) is 73.6 Å². The van der Waals surface area contributed by atoms with Crippen molar-refractivity contribution < 1.29 is 18.7 Å². The highest BCUT2D eigenvalue weighted by molar-refractivity contribution is 6.00. The van der Waals surface area contributed by atoms with Crippen molar-refractivity contribution in [2.24, 2.45) is 0 Å². The van der Waals surface area contributed by atoms with Crippen molar-refractivity contribution in [1.82, 2.24) is 0 Å². The molecule has 1 heterocycles. The van der Waals surface area contributed by atoms with Gasteiger partial charge in [0.2, 0.25) is 0 Å². The molecule has 0 saturated carbocycles. The SMILES string of the molecule is CCOC(=O)c1cc2c(oc1=O)CCCC2=O. The molecule has 0 aromatic carbocycles. The van der Waals surface area contributed by atoms with Gasteiger partial charge in [0, 0.05) is 12.8 Å². The number of ether oxygens (including phenoxy) is 1. The van der Waals surface area contributed by atoms with E-state index >= 15 is 0 Å². The summed E-state index contributed by atoms with van der Waals surface area (Å²) in [5, 5.41) is 0. The summed E-state index contributed by atoms with van der Waals surface area (Å²) in [7, 11) is 0. The maximum atomic E-state index is 11.6. The minimum atomic E-state index is -0.748. The number of carbonyl (C=O) groups is 2. The van der Waals surface area contributed by atoms with Crippen LogP contribution in [0.2, 0.25) is 0 Å². The molecule has 0 amide bonds. The molecule has 1 aliphatic carbocycles. The molecule has 0 bridgehead atoms. The average Bonchev–Trinajstić information content (AvgIpc) is 2.29. The quantitative estimate of drug-likeness (QED) is 0.724. The first-order chi connectivity index (χ1) is 8.13. The lowest BCUT2D eigenvalue weighted by molar-refractivity contribution is 0.0520. The van der Waals surface area contributed by atoms with Gasteiger partial charge in [-0.3, -0.25) is 4.79 Å². The van der Waals surface area contributed by atoms with Crippen LogP contribution in [-0.2, 0) is 11.2 Å². The van der Waals surface area contributed by atoms with E-state index in [-0.39, 0.29) is 18.0 Å². The van der Waals surface area contributed by atoms with Crippen LogP contribution >= 0.6 is 0 Å². The van der Waals surface area contributed by atoms with Gasteiger partial charge in [-0.2, -0.15) is 0 Å². The highest BCUT2D eigenvalue weighted by Crippen LogP contribution is 2.20. The molecule has 0 fully saturated rings. The Kier molecular flexibility index (Phi) is 3.08. The molecule has 0 radical (unpaired) electrons. The lowest BCUT2D eigenvalue weighted by atomic mass is 9.95. The van der Waals surface area contributed by atoms with Crippen LogP contribution in [0, 0.1) is 0 Å². The van der Waals surface area contributed by atoms with Crippen molar-refractivity contribution in [1.29, 1.82) is 0 Å². The van der Waals surface area contributed by atoms with Crippen LogP contribution in [0.5, 0.6) is 0 Å².